The number of anilines is 1. The maximum Gasteiger partial charge on any atom is 0.250 e. The van der Waals surface area contributed by atoms with E-state index in [1.54, 1.807) is 12.1 Å². The fraction of sp³-hybridized carbons (Fsp3) is 0.625. The number of amides is 3. The number of carbonyl (C=O) groups excluding carboxylic acids is 3. The summed E-state index contributed by atoms with van der Waals surface area (Å²) in [4.78, 5) is 42.0. The highest BCUT2D eigenvalue weighted by Crippen LogP contribution is 2.64. The summed E-state index contributed by atoms with van der Waals surface area (Å²) in [7, 11) is 0. The minimum Gasteiger partial charge on any atom is -0.395 e. The topological polar surface area (TPSA) is 108 Å². The van der Waals surface area contributed by atoms with Crippen LogP contribution in [-0.2, 0) is 19.1 Å². The fourth-order valence-corrected chi connectivity index (χ4v) is 6.37. The zero-order valence-electron chi connectivity index (χ0n) is 19.3. The van der Waals surface area contributed by atoms with Crippen molar-refractivity contribution in [3.63, 3.8) is 0 Å². The number of para-hydroxylation sites is 1. The van der Waals surface area contributed by atoms with E-state index in [2.05, 4.69) is 10.6 Å². The number of rotatable bonds is 8. The summed E-state index contributed by atoms with van der Waals surface area (Å²) in [6.07, 6.45) is 2.44. The van der Waals surface area contributed by atoms with Gasteiger partial charge in [0, 0.05) is 13.1 Å². The Hall–Kier alpha value is -2.16. The Morgan fingerprint density at radius 1 is 1.27 bits per heavy atom. The van der Waals surface area contributed by atoms with E-state index in [9.17, 15) is 19.5 Å². The highest BCUT2D eigenvalue weighted by Gasteiger charge is 2.78. The molecule has 0 saturated carbocycles. The maximum atomic E-state index is 13.7. The van der Waals surface area contributed by atoms with Gasteiger partial charge in [0.05, 0.1) is 34.8 Å². The Labute approximate surface area is 199 Å². The van der Waals surface area contributed by atoms with Crippen LogP contribution in [0.1, 0.15) is 45.1 Å². The molecule has 0 aliphatic carbocycles. The molecule has 0 aromatic heterocycles. The first-order valence-corrected chi connectivity index (χ1v) is 12.1. The third-order valence-corrected chi connectivity index (χ3v) is 7.89. The molecule has 9 heteroatoms. The minimum absolute atomic E-state index is 0.0115. The van der Waals surface area contributed by atoms with E-state index in [1.165, 1.54) is 4.90 Å². The van der Waals surface area contributed by atoms with Crippen LogP contribution in [0.2, 0.25) is 5.02 Å². The van der Waals surface area contributed by atoms with Crippen LogP contribution in [0.15, 0.2) is 18.2 Å². The summed E-state index contributed by atoms with van der Waals surface area (Å²) in [5.74, 6) is -2.37. The lowest BCUT2D eigenvalue weighted by molar-refractivity contribution is -0.146. The molecule has 1 spiro atoms. The molecule has 3 N–H and O–H groups in total. The fourth-order valence-electron chi connectivity index (χ4n) is 6.10. The summed E-state index contributed by atoms with van der Waals surface area (Å²) in [5, 5.41) is 15.9. The second kappa shape index (κ2) is 8.89. The van der Waals surface area contributed by atoms with Crippen molar-refractivity contribution in [3.8, 4) is 0 Å². The molecule has 5 atom stereocenters. The van der Waals surface area contributed by atoms with Gasteiger partial charge in [-0.1, -0.05) is 37.6 Å². The first-order valence-electron chi connectivity index (χ1n) is 11.7. The average Bonchev–Trinajstić information content (AvgIpc) is 3.39. The Morgan fingerprint density at radius 3 is 2.67 bits per heavy atom. The number of likely N-dealkylation sites (tertiary alicyclic amines) is 1. The van der Waals surface area contributed by atoms with Gasteiger partial charge >= 0.3 is 0 Å². The molecule has 3 aliphatic rings. The Bertz CT molecular complexity index is 951. The van der Waals surface area contributed by atoms with Crippen LogP contribution in [0.5, 0.6) is 0 Å². The van der Waals surface area contributed by atoms with Gasteiger partial charge in [0.1, 0.15) is 11.6 Å². The van der Waals surface area contributed by atoms with Crippen LogP contribution < -0.4 is 10.6 Å². The number of β-amino-alcohol motifs (C(OH)–C–C–N with tert-alkyl or cyclic N) is 1. The lowest BCUT2D eigenvalue weighted by Crippen LogP contribution is -2.54. The predicted octanol–water partition coefficient (Wildman–Crippen LogP) is 2.26. The van der Waals surface area contributed by atoms with Crippen LogP contribution in [0.3, 0.4) is 0 Å². The van der Waals surface area contributed by atoms with Crippen molar-refractivity contribution < 1.29 is 24.2 Å². The van der Waals surface area contributed by atoms with Crippen molar-refractivity contribution in [3.05, 3.63) is 28.8 Å². The van der Waals surface area contributed by atoms with Crippen LogP contribution in [0, 0.1) is 18.8 Å². The summed E-state index contributed by atoms with van der Waals surface area (Å²) in [5.41, 5.74) is -0.616. The van der Waals surface area contributed by atoms with Crippen molar-refractivity contribution >= 4 is 35.0 Å². The van der Waals surface area contributed by atoms with E-state index in [0.717, 1.165) is 12.0 Å². The zero-order valence-corrected chi connectivity index (χ0v) is 20.1. The first-order chi connectivity index (χ1) is 15.8. The molecule has 3 amide bonds. The van der Waals surface area contributed by atoms with Gasteiger partial charge in [-0.25, -0.2) is 0 Å². The van der Waals surface area contributed by atoms with E-state index in [-0.39, 0.29) is 25.0 Å². The van der Waals surface area contributed by atoms with Crippen LogP contribution in [-0.4, -0.2) is 64.7 Å². The summed E-state index contributed by atoms with van der Waals surface area (Å²) >= 11 is 6.33. The third-order valence-electron chi connectivity index (χ3n) is 7.57. The molecule has 4 rings (SSSR count). The van der Waals surface area contributed by atoms with Gasteiger partial charge in [-0.05, 0) is 44.2 Å². The highest BCUT2D eigenvalue weighted by atomic mass is 35.5. The molecule has 180 valence electrons. The first kappa shape index (κ1) is 24.0. The second-order valence-corrected chi connectivity index (χ2v) is 9.71. The number of hydrogen-bond donors (Lipinski definition) is 3. The molecule has 3 aliphatic heterocycles. The van der Waals surface area contributed by atoms with Crippen molar-refractivity contribution in [2.24, 2.45) is 11.8 Å². The van der Waals surface area contributed by atoms with Crippen LogP contribution >= 0.6 is 11.6 Å². The number of nitrogens with zero attached hydrogens (tertiary/aromatic N) is 1. The molecular formula is C24H32ClN3O5. The van der Waals surface area contributed by atoms with Gasteiger partial charge in [0.2, 0.25) is 17.7 Å². The van der Waals surface area contributed by atoms with Gasteiger partial charge in [-0.15, -0.1) is 0 Å². The number of aliphatic hydroxyl groups excluding tert-OH is 1. The number of halogens is 1. The minimum atomic E-state index is -1.12. The monoisotopic (exact) mass is 477 g/mol. The van der Waals surface area contributed by atoms with Crippen molar-refractivity contribution in [1.29, 1.82) is 0 Å². The molecule has 3 saturated heterocycles. The molecular weight excluding hydrogens is 446 g/mol. The van der Waals surface area contributed by atoms with E-state index in [0.29, 0.717) is 36.5 Å². The molecule has 33 heavy (non-hydrogen) atoms. The number of fused-ring (bicyclic) bond motifs is 1. The van der Waals surface area contributed by atoms with Gasteiger partial charge in [-0.3, -0.25) is 14.4 Å². The Kier molecular flexibility index (Phi) is 6.46. The molecule has 1 aromatic carbocycles. The van der Waals surface area contributed by atoms with Crippen molar-refractivity contribution in [1.82, 2.24) is 10.2 Å². The number of hydrogen-bond acceptors (Lipinski definition) is 5. The average molecular weight is 478 g/mol. The van der Waals surface area contributed by atoms with Crippen LogP contribution in [0.4, 0.5) is 5.69 Å². The molecule has 2 bridgehead atoms. The SMILES string of the molecule is CCCNC(=O)[C@@H]1[C@H]2C(=O)N(CCO)C(C(=O)Nc3c(C)cccc3Cl)C23CC[C@@]1(CC)O3. The Morgan fingerprint density at radius 2 is 2.03 bits per heavy atom. The predicted molar refractivity (Wildman–Crippen MR) is 124 cm³/mol. The largest absolute Gasteiger partial charge is 0.395 e. The van der Waals surface area contributed by atoms with Gasteiger partial charge in [0.15, 0.2) is 0 Å². The summed E-state index contributed by atoms with van der Waals surface area (Å²) in [6, 6.07) is 4.36. The van der Waals surface area contributed by atoms with E-state index in [4.69, 9.17) is 16.3 Å². The number of aliphatic hydroxyl groups is 1. The number of carbonyl (C=O) groups is 3. The number of benzene rings is 1. The van der Waals surface area contributed by atoms with Crippen LogP contribution in [0.25, 0.3) is 0 Å². The van der Waals surface area contributed by atoms with E-state index < -0.39 is 35.0 Å². The molecule has 3 heterocycles. The van der Waals surface area contributed by atoms with Gasteiger partial charge in [-0.2, -0.15) is 0 Å². The quantitative estimate of drug-likeness (QED) is 0.532. The zero-order chi connectivity index (χ0) is 24.0. The van der Waals surface area contributed by atoms with Gasteiger partial charge < -0.3 is 25.4 Å². The molecule has 3 fully saturated rings. The lowest BCUT2D eigenvalue weighted by atomic mass is 9.65. The number of ether oxygens (including phenoxy) is 1. The summed E-state index contributed by atoms with van der Waals surface area (Å²) < 4.78 is 6.61. The smallest absolute Gasteiger partial charge is 0.250 e. The highest BCUT2D eigenvalue weighted by molar-refractivity contribution is 6.34. The third kappa shape index (κ3) is 3.54. The summed E-state index contributed by atoms with van der Waals surface area (Å²) in [6.45, 7) is 5.97. The van der Waals surface area contributed by atoms with Crippen molar-refractivity contribution in [2.45, 2.75) is 63.7 Å². The van der Waals surface area contributed by atoms with Gasteiger partial charge in [0.25, 0.3) is 0 Å². The lowest BCUT2D eigenvalue weighted by Gasteiger charge is -2.33. The molecule has 1 aromatic rings. The second-order valence-electron chi connectivity index (χ2n) is 9.30. The number of aryl methyl sites for hydroxylation is 1. The molecule has 2 unspecified atom stereocenters. The maximum absolute atomic E-state index is 13.7. The normalized spacial score (nSPS) is 32.2. The Balaban J connectivity index is 1.74. The van der Waals surface area contributed by atoms with Crippen molar-refractivity contribution in [2.75, 3.05) is 25.0 Å². The van der Waals surface area contributed by atoms with E-state index in [1.807, 2.05) is 26.8 Å². The molecule has 8 nitrogen and oxygen atoms in total. The van der Waals surface area contributed by atoms with E-state index >= 15 is 0 Å². The standard InChI is InChI=1S/C24H32ClN3O5/c1-4-11-26-20(30)16-17-22(32)28(12-13-29)19(24(17)10-9-23(16,5-2)33-24)21(31)27-18-14(3)7-6-8-15(18)25/h6-8,16-17,19,29H,4-5,9-13H2,1-3H3,(H,26,30)(H,27,31)/t16-,17-,19?,23+,24?/m0/s1. The number of nitrogens with one attached hydrogen (secondary N) is 2. The molecule has 0 radical (unpaired) electrons.